The van der Waals surface area contributed by atoms with Crippen molar-refractivity contribution in [3.05, 3.63) is 33.8 Å². The van der Waals surface area contributed by atoms with Gasteiger partial charge in [0.2, 0.25) is 0 Å². The quantitative estimate of drug-likeness (QED) is 0.896. The van der Waals surface area contributed by atoms with Gasteiger partial charge in [0, 0.05) is 0 Å². The number of benzene rings is 1. The van der Waals surface area contributed by atoms with Crippen LogP contribution in [0.15, 0.2) is 18.2 Å². The zero-order chi connectivity index (χ0) is 14.9. The SMILES string of the molecule is CC1(C(=O)O)COCC1NC(=O)c1c(Cl)cccc1Cl. The van der Waals surface area contributed by atoms with Crippen molar-refractivity contribution >= 4 is 35.1 Å². The number of nitrogens with one attached hydrogen (secondary N) is 1. The van der Waals surface area contributed by atoms with E-state index < -0.39 is 23.3 Å². The van der Waals surface area contributed by atoms with Gasteiger partial charge in [0.25, 0.3) is 5.91 Å². The highest BCUT2D eigenvalue weighted by molar-refractivity contribution is 6.39. The van der Waals surface area contributed by atoms with Gasteiger partial charge in [0.1, 0.15) is 5.41 Å². The Morgan fingerprint density at radius 1 is 1.40 bits per heavy atom. The lowest BCUT2D eigenvalue weighted by Gasteiger charge is -2.25. The first-order valence-electron chi connectivity index (χ1n) is 5.92. The van der Waals surface area contributed by atoms with Crippen molar-refractivity contribution in [2.45, 2.75) is 13.0 Å². The molecule has 1 aromatic rings. The molecule has 1 aromatic carbocycles. The third-order valence-corrected chi connectivity index (χ3v) is 4.07. The maximum Gasteiger partial charge on any atom is 0.313 e. The Balaban J connectivity index is 2.22. The van der Waals surface area contributed by atoms with E-state index in [1.807, 2.05) is 0 Å². The van der Waals surface area contributed by atoms with E-state index in [1.165, 1.54) is 6.92 Å². The molecule has 2 N–H and O–H groups in total. The first kappa shape index (κ1) is 15.1. The molecule has 1 heterocycles. The molecule has 0 spiro atoms. The van der Waals surface area contributed by atoms with Crippen LogP contribution in [0, 0.1) is 5.41 Å². The first-order chi connectivity index (χ1) is 9.36. The number of hydrogen-bond acceptors (Lipinski definition) is 3. The highest BCUT2D eigenvalue weighted by Crippen LogP contribution is 2.30. The van der Waals surface area contributed by atoms with E-state index in [-0.39, 0.29) is 28.8 Å². The molecule has 0 radical (unpaired) electrons. The smallest absolute Gasteiger partial charge is 0.313 e. The molecule has 108 valence electrons. The molecule has 0 bridgehead atoms. The zero-order valence-corrected chi connectivity index (χ0v) is 12.2. The summed E-state index contributed by atoms with van der Waals surface area (Å²) in [7, 11) is 0. The van der Waals surface area contributed by atoms with Gasteiger partial charge in [-0.1, -0.05) is 29.3 Å². The fourth-order valence-electron chi connectivity index (χ4n) is 2.03. The van der Waals surface area contributed by atoms with E-state index in [1.54, 1.807) is 18.2 Å². The number of carbonyl (C=O) groups is 2. The lowest BCUT2D eigenvalue weighted by atomic mass is 9.85. The predicted molar refractivity (Wildman–Crippen MR) is 74.3 cm³/mol. The van der Waals surface area contributed by atoms with E-state index >= 15 is 0 Å². The molecule has 1 saturated heterocycles. The first-order valence-corrected chi connectivity index (χ1v) is 6.68. The van der Waals surface area contributed by atoms with Gasteiger partial charge in [-0.3, -0.25) is 9.59 Å². The van der Waals surface area contributed by atoms with Crippen LogP contribution in [0.2, 0.25) is 10.0 Å². The molecule has 7 heteroatoms. The summed E-state index contributed by atoms with van der Waals surface area (Å²) in [6, 6.07) is 4.08. The van der Waals surface area contributed by atoms with Crippen molar-refractivity contribution in [2.24, 2.45) is 5.41 Å². The molecule has 1 amide bonds. The lowest BCUT2D eigenvalue weighted by molar-refractivity contribution is -0.148. The number of amides is 1. The highest BCUT2D eigenvalue weighted by atomic mass is 35.5. The van der Waals surface area contributed by atoms with Crippen LogP contribution in [0.25, 0.3) is 0 Å². The van der Waals surface area contributed by atoms with E-state index in [2.05, 4.69) is 5.32 Å². The monoisotopic (exact) mass is 317 g/mol. The van der Waals surface area contributed by atoms with Crippen molar-refractivity contribution in [3.8, 4) is 0 Å². The number of carboxylic acid groups (broad SMARTS) is 1. The van der Waals surface area contributed by atoms with Crippen molar-refractivity contribution in [2.75, 3.05) is 13.2 Å². The summed E-state index contributed by atoms with van der Waals surface area (Å²) in [6.45, 7) is 1.71. The number of aliphatic carboxylic acids is 1. The van der Waals surface area contributed by atoms with Crippen LogP contribution in [-0.4, -0.2) is 36.2 Å². The average Bonchev–Trinajstić information content (AvgIpc) is 2.72. The second-order valence-electron chi connectivity index (χ2n) is 4.86. The van der Waals surface area contributed by atoms with Crippen LogP contribution in [0.5, 0.6) is 0 Å². The molecule has 20 heavy (non-hydrogen) atoms. The fraction of sp³-hybridized carbons (Fsp3) is 0.385. The van der Waals surface area contributed by atoms with Crippen LogP contribution in [0.4, 0.5) is 0 Å². The Kier molecular flexibility index (Phi) is 4.22. The fourth-order valence-corrected chi connectivity index (χ4v) is 2.60. The highest BCUT2D eigenvalue weighted by Gasteiger charge is 2.47. The molecule has 0 aliphatic carbocycles. The van der Waals surface area contributed by atoms with Gasteiger partial charge in [-0.2, -0.15) is 0 Å². The number of ether oxygens (including phenoxy) is 1. The zero-order valence-electron chi connectivity index (χ0n) is 10.7. The minimum Gasteiger partial charge on any atom is -0.481 e. The minimum atomic E-state index is -1.16. The van der Waals surface area contributed by atoms with E-state index in [4.69, 9.17) is 27.9 Å². The van der Waals surface area contributed by atoms with Gasteiger partial charge < -0.3 is 15.2 Å². The van der Waals surface area contributed by atoms with Crippen LogP contribution in [0.1, 0.15) is 17.3 Å². The van der Waals surface area contributed by atoms with E-state index in [0.29, 0.717) is 0 Å². The molecule has 2 unspecified atom stereocenters. The maximum atomic E-state index is 12.2. The van der Waals surface area contributed by atoms with Crippen molar-refractivity contribution in [3.63, 3.8) is 0 Å². The molecule has 0 aromatic heterocycles. The predicted octanol–water partition coefficient (Wildman–Crippen LogP) is 2.21. The standard InChI is InChI=1S/C13H13Cl2NO4/c1-13(12(18)19)6-20-5-9(13)16-11(17)10-7(14)3-2-4-8(10)15/h2-4,9H,5-6H2,1H3,(H,16,17)(H,18,19). The summed E-state index contributed by atoms with van der Waals surface area (Å²) in [5, 5.41) is 12.3. The Morgan fingerprint density at radius 3 is 2.55 bits per heavy atom. The largest absolute Gasteiger partial charge is 0.481 e. The topological polar surface area (TPSA) is 75.6 Å². The third-order valence-electron chi connectivity index (χ3n) is 3.44. The second kappa shape index (κ2) is 5.60. The number of halogens is 2. The second-order valence-corrected chi connectivity index (χ2v) is 5.67. The molecule has 2 atom stereocenters. The molecule has 1 aliphatic heterocycles. The van der Waals surface area contributed by atoms with Crippen molar-refractivity contribution < 1.29 is 19.4 Å². The van der Waals surface area contributed by atoms with Gasteiger partial charge in [0.05, 0.1) is 34.9 Å². The molecule has 0 saturated carbocycles. The summed E-state index contributed by atoms with van der Waals surface area (Å²) >= 11 is 11.9. The van der Waals surface area contributed by atoms with E-state index in [9.17, 15) is 14.7 Å². The normalized spacial score (nSPS) is 25.4. The minimum absolute atomic E-state index is 0.0452. The van der Waals surface area contributed by atoms with Crippen molar-refractivity contribution in [1.82, 2.24) is 5.32 Å². The number of rotatable bonds is 3. The van der Waals surface area contributed by atoms with Crippen LogP contribution >= 0.6 is 23.2 Å². The Bertz CT molecular complexity index is 543. The number of hydrogen-bond donors (Lipinski definition) is 2. The number of carboxylic acids is 1. The van der Waals surface area contributed by atoms with Crippen LogP contribution < -0.4 is 5.32 Å². The summed E-state index contributed by atoms with van der Waals surface area (Å²) in [4.78, 5) is 23.5. The molecule has 2 rings (SSSR count). The molecule has 1 fully saturated rings. The molecular formula is C13H13Cl2NO4. The summed E-state index contributed by atoms with van der Waals surface area (Å²) in [5.41, 5.74) is -1.03. The summed E-state index contributed by atoms with van der Waals surface area (Å²) < 4.78 is 5.17. The summed E-state index contributed by atoms with van der Waals surface area (Å²) in [5.74, 6) is -1.53. The van der Waals surface area contributed by atoms with Gasteiger partial charge in [-0.15, -0.1) is 0 Å². The van der Waals surface area contributed by atoms with Gasteiger partial charge in [-0.05, 0) is 19.1 Å². The molecule has 5 nitrogen and oxygen atoms in total. The third kappa shape index (κ3) is 2.61. The number of carbonyl (C=O) groups excluding carboxylic acids is 1. The Labute approximate surface area is 125 Å². The molecular weight excluding hydrogens is 305 g/mol. The van der Waals surface area contributed by atoms with Crippen LogP contribution in [0.3, 0.4) is 0 Å². The Hall–Kier alpha value is -1.30. The lowest BCUT2D eigenvalue weighted by Crippen LogP contribution is -2.49. The van der Waals surface area contributed by atoms with E-state index in [0.717, 1.165) is 0 Å². The molecule has 1 aliphatic rings. The van der Waals surface area contributed by atoms with Crippen LogP contribution in [-0.2, 0) is 9.53 Å². The average molecular weight is 318 g/mol. The van der Waals surface area contributed by atoms with Gasteiger partial charge in [-0.25, -0.2) is 0 Å². The van der Waals surface area contributed by atoms with Crippen molar-refractivity contribution in [1.29, 1.82) is 0 Å². The summed E-state index contributed by atoms with van der Waals surface area (Å²) in [6.07, 6.45) is 0. The van der Waals surface area contributed by atoms with Gasteiger partial charge >= 0.3 is 5.97 Å². The maximum absolute atomic E-state index is 12.2. The Morgan fingerprint density at radius 2 is 2.00 bits per heavy atom. The van der Waals surface area contributed by atoms with Gasteiger partial charge in [0.15, 0.2) is 0 Å².